The van der Waals surface area contributed by atoms with E-state index in [9.17, 15) is 4.79 Å². The first-order valence-electron chi connectivity index (χ1n) is 8.61. The quantitative estimate of drug-likeness (QED) is 0.779. The summed E-state index contributed by atoms with van der Waals surface area (Å²) in [6.45, 7) is 3.26. The molecule has 1 aliphatic heterocycles. The summed E-state index contributed by atoms with van der Waals surface area (Å²) in [6, 6.07) is 12.0. The molecule has 128 valence electrons. The fraction of sp³-hybridized carbons (Fsp3) is 0.300. The van der Waals surface area contributed by atoms with E-state index in [1.165, 1.54) is 10.9 Å². The fourth-order valence-corrected chi connectivity index (χ4v) is 3.24. The van der Waals surface area contributed by atoms with Crippen molar-refractivity contribution in [1.29, 1.82) is 0 Å². The number of aromatic nitrogens is 2. The number of amides is 1. The number of nitrogens with zero attached hydrogens (tertiary/aromatic N) is 2. The molecule has 0 aliphatic carbocycles. The van der Waals surface area contributed by atoms with Crippen molar-refractivity contribution in [1.82, 2.24) is 14.9 Å². The summed E-state index contributed by atoms with van der Waals surface area (Å²) in [6.07, 6.45) is 5.12. The van der Waals surface area contributed by atoms with Crippen LogP contribution in [0.3, 0.4) is 0 Å². The Balaban J connectivity index is 1.27. The van der Waals surface area contributed by atoms with Crippen molar-refractivity contribution in [2.24, 2.45) is 0 Å². The summed E-state index contributed by atoms with van der Waals surface area (Å²) in [4.78, 5) is 21.6. The lowest BCUT2D eigenvalue weighted by molar-refractivity contribution is -0.139. The van der Waals surface area contributed by atoms with Crippen molar-refractivity contribution < 1.29 is 9.53 Å². The molecule has 5 nitrogen and oxygen atoms in total. The van der Waals surface area contributed by atoms with Crippen LogP contribution in [0.5, 0.6) is 5.75 Å². The molecule has 4 rings (SSSR count). The Morgan fingerprint density at radius 2 is 2.16 bits per heavy atom. The molecular formula is C20H21N3O2. The Morgan fingerprint density at radius 3 is 3.00 bits per heavy atom. The summed E-state index contributed by atoms with van der Waals surface area (Å²) in [5.41, 5.74) is 3.25. The Bertz CT molecular complexity index is 897. The minimum atomic E-state index is 0.0823. The van der Waals surface area contributed by atoms with E-state index in [2.05, 4.69) is 22.1 Å². The van der Waals surface area contributed by atoms with Crippen LogP contribution in [-0.4, -0.2) is 40.0 Å². The summed E-state index contributed by atoms with van der Waals surface area (Å²) in [5.74, 6) is 1.01. The second-order valence-corrected chi connectivity index (χ2v) is 6.53. The van der Waals surface area contributed by atoms with E-state index in [1.807, 2.05) is 42.3 Å². The molecular weight excluding hydrogens is 314 g/mol. The molecule has 1 saturated heterocycles. The minimum Gasteiger partial charge on any atom is -0.487 e. The number of benzene rings is 1. The largest absolute Gasteiger partial charge is 0.487 e. The number of pyridine rings is 1. The first-order valence-corrected chi connectivity index (χ1v) is 8.61. The first-order chi connectivity index (χ1) is 12.2. The Hall–Kier alpha value is -2.82. The van der Waals surface area contributed by atoms with Gasteiger partial charge in [-0.25, -0.2) is 0 Å². The Labute approximate surface area is 146 Å². The number of hydrogen-bond donors (Lipinski definition) is 1. The molecule has 1 N–H and O–H groups in total. The third kappa shape index (κ3) is 3.36. The van der Waals surface area contributed by atoms with Crippen LogP contribution in [0.4, 0.5) is 0 Å². The van der Waals surface area contributed by atoms with Gasteiger partial charge >= 0.3 is 0 Å². The van der Waals surface area contributed by atoms with Crippen LogP contribution < -0.4 is 4.74 Å². The lowest BCUT2D eigenvalue weighted by atomic mass is 10.1. The number of likely N-dealkylation sites (tertiary alicyclic amines) is 1. The molecule has 0 saturated carbocycles. The number of aryl methyl sites for hydroxylation is 2. The van der Waals surface area contributed by atoms with E-state index in [0.29, 0.717) is 19.5 Å². The molecule has 1 fully saturated rings. The van der Waals surface area contributed by atoms with Crippen LogP contribution in [0.25, 0.3) is 10.9 Å². The summed E-state index contributed by atoms with van der Waals surface area (Å²) >= 11 is 0. The van der Waals surface area contributed by atoms with E-state index in [-0.39, 0.29) is 12.0 Å². The topological polar surface area (TPSA) is 58.2 Å². The predicted molar refractivity (Wildman–Crippen MR) is 96.6 cm³/mol. The van der Waals surface area contributed by atoms with Crippen LogP contribution in [0.2, 0.25) is 0 Å². The molecule has 0 bridgehead atoms. The third-order valence-electron chi connectivity index (χ3n) is 4.65. The van der Waals surface area contributed by atoms with Crippen LogP contribution in [0.15, 0.2) is 48.8 Å². The van der Waals surface area contributed by atoms with Gasteiger partial charge in [-0.1, -0.05) is 18.2 Å². The van der Waals surface area contributed by atoms with E-state index in [0.717, 1.165) is 23.4 Å². The van der Waals surface area contributed by atoms with Gasteiger partial charge in [-0.05, 0) is 31.0 Å². The second kappa shape index (κ2) is 6.59. The smallest absolute Gasteiger partial charge is 0.223 e. The zero-order valence-electron chi connectivity index (χ0n) is 14.2. The molecule has 0 spiro atoms. The van der Waals surface area contributed by atoms with Gasteiger partial charge < -0.3 is 14.6 Å². The number of para-hydroxylation sites is 1. The highest BCUT2D eigenvalue weighted by molar-refractivity contribution is 5.84. The van der Waals surface area contributed by atoms with Gasteiger partial charge in [-0.3, -0.25) is 9.78 Å². The average molecular weight is 335 g/mol. The van der Waals surface area contributed by atoms with Gasteiger partial charge in [0.2, 0.25) is 5.91 Å². The number of rotatable bonds is 5. The molecule has 0 unspecified atom stereocenters. The lowest BCUT2D eigenvalue weighted by Gasteiger charge is -2.39. The van der Waals surface area contributed by atoms with Gasteiger partial charge in [0.1, 0.15) is 11.9 Å². The first kappa shape index (κ1) is 15.7. The third-order valence-corrected chi connectivity index (χ3v) is 4.65. The van der Waals surface area contributed by atoms with E-state index in [1.54, 1.807) is 6.20 Å². The number of H-pyrrole nitrogens is 1. The van der Waals surface area contributed by atoms with E-state index < -0.39 is 0 Å². The maximum atomic E-state index is 12.4. The fourth-order valence-electron chi connectivity index (χ4n) is 3.24. The average Bonchev–Trinajstić information content (AvgIpc) is 2.99. The van der Waals surface area contributed by atoms with Crippen molar-refractivity contribution in [3.63, 3.8) is 0 Å². The number of ether oxygens (including phenoxy) is 1. The minimum absolute atomic E-state index is 0.0823. The van der Waals surface area contributed by atoms with Gasteiger partial charge in [0.05, 0.1) is 13.1 Å². The number of fused-ring (bicyclic) bond motifs is 1. The Morgan fingerprint density at radius 1 is 1.32 bits per heavy atom. The summed E-state index contributed by atoms with van der Waals surface area (Å²) in [7, 11) is 0. The van der Waals surface area contributed by atoms with Crippen molar-refractivity contribution in [3.05, 3.63) is 60.0 Å². The summed E-state index contributed by atoms with van der Waals surface area (Å²) < 4.78 is 5.88. The number of carbonyl (C=O) groups excluding carboxylic acids is 1. The Kier molecular flexibility index (Phi) is 4.14. The molecule has 0 atom stereocenters. The molecule has 3 aromatic rings. The van der Waals surface area contributed by atoms with Crippen molar-refractivity contribution in [2.45, 2.75) is 25.9 Å². The van der Waals surface area contributed by atoms with Gasteiger partial charge in [0, 0.05) is 41.5 Å². The second-order valence-electron chi connectivity index (χ2n) is 6.53. The highest BCUT2D eigenvalue weighted by Crippen LogP contribution is 2.22. The lowest BCUT2D eigenvalue weighted by Crippen LogP contribution is -2.56. The maximum Gasteiger partial charge on any atom is 0.223 e. The number of aromatic amines is 1. The molecule has 5 heteroatoms. The maximum absolute atomic E-state index is 12.4. The molecule has 1 amide bonds. The molecule has 2 aromatic heterocycles. The highest BCUT2D eigenvalue weighted by atomic mass is 16.5. The summed E-state index contributed by atoms with van der Waals surface area (Å²) in [5, 5.41) is 1.20. The highest BCUT2D eigenvalue weighted by Gasteiger charge is 2.31. The number of hydrogen-bond acceptors (Lipinski definition) is 3. The molecule has 1 aromatic carbocycles. The van der Waals surface area contributed by atoms with Crippen molar-refractivity contribution in [2.75, 3.05) is 13.1 Å². The number of carbonyl (C=O) groups is 1. The van der Waals surface area contributed by atoms with E-state index in [4.69, 9.17) is 4.74 Å². The normalized spacial score (nSPS) is 14.5. The van der Waals surface area contributed by atoms with Crippen LogP contribution >= 0.6 is 0 Å². The zero-order chi connectivity index (χ0) is 17.2. The molecule has 25 heavy (non-hydrogen) atoms. The molecule has 0 radical (unpaired) electrons. The molecule has 1 aliphatic rings. The van der Waals surface area contributed by atoms with Crippen LogP contribution in [-0.2, 0) is 11.2 Å². The zero-order valence-corrected chi connectivity index (χ0v) is 14.2. The van der Waals surface area contributed by atoms with Gasteiger partial charge in [0.25, 0.3) is 0 Å². The van der Waals surface area contributed by atoms with Gasteiger partial charge in [-0.15, -0.1) is 0 Å². The predicted octanol–water partition coefficient (Wildman–Crippen LogP) is 3.09. The standard InChI is InChI=1S/C20H21N3O2/c1-14-10-16(8-9-21-14)25-17-12-23(13-17)20(24)7-6-15-11-22-19-5-3-2-4-18(15)19/h2-5,8-11,17,22H,6-7,12-13H2,1H3. The monoisotopic (exact) mass is 335 g/mol. The van der Waals surface area contributed by atoms with Crippen LogP contribution in [0, 0.1) is 6.92 Å². The van der Waals surface area contributed by atoms with Gasteiger partial charge in [0.15, 0.2) is 0 Å². The van der Waals surface area contributed by atoms with Crippen molar-refractivity contribution in [3.8, 4) is 5.75 Å². The van der Waals surface area contributed by atoms with Crippen LogP contribution in [0.1, 0.15) is 17.7 Å². The van der Waals surface area contributed by atoms with Gasteiger partial charge in [-0.2, -0.15) is 0 Å². The van der Waals surface area contributed by atoms with Crippen molar-refractivity contribution >= 4 is 16.8 Å². The van der Waals surface area contributed by atoms with E-state index >= 15 is 0 Å². The number of nitrogens with one attached hydrogen (secondary N) is 1. The SMILES string of the molecule is Cc1cc(OC2CN(C(=O)CCc3c[nH]c4ccccc34)C2)ccn1. The molecule has 3 heterocycles.